The van der Waals surface area contributed by atoms with Crippen LogP contribution in [0.4, 0.5) is 4.39 Å². The zero-order valence-corrected chi connectivity index (χ0v) is 11.8. The summed E-state index contributed by atoms with van der Waals surface area (Å²) in [4.78, 5) is 12.5. The smallest absolute Gasteiger partial charge is 0.194 e. The van der Waals surface area contributed by atoms with Crippen molar-refractivity contribution < 1.29 is 9.18 Å². The van der Waals surface area contributed by atoms with Crippen LogP contribution in [0.25, 0.3) is 0 Å². The van der Waals surface area contributed by atoms with E-state index >= 15 is 0 Å². The predicted octanol–water partition coefficient (Wildman–Crippen LogP) is 4.64. The molecule has 98 valence electrons. The first-order valence-corrected chi connectivity index (χ1v) is 6.35. The first-order valence-electron chi connectivity index (χ1n) is 5.97. The minimum absolute atomic E-state index is 0.175. The maximum Gasteiger partial charge on any atom is 0.194 e. The molecule has 0 aliphatic carbocycles. The van der Waals surface area contributed by atoms with Gasteiger partial charge in [-0.15, -0.1) is 0 Å². The van der Waals surface area contributed by atoms with Crippen molar-refractivity contribution in [3.63, 3.8) is 0 Å². The lowest BCUT2D eigenvalue weighted by atomic mass is 9.96. The van der Waals surface area contributed by atoms with Crippen molar-refractivity contribution in [1.29, 1.82) is 0 Å². The van der Waals surface area contributed by atoms with Crippen LogP contribution >= 0.6 is 11.6 Å². The third-order valence-corrected chi connectivity index (χ3v) is 3.57. The van der Waals surface area contributed by atoms with Crippen LogP contribution in [0.2, 0.25) is 5.02 Å². The molecule has 1 nitrogen and oxygen atoms in total. The molecule has 0 spiro atoms. The fourth-order valence-corrected chi connectivity index (χ4v) is 2.29. The molecular formula is C16H14ClFO. The number of halogens is 2. The Balaban J connectivity index is 2.53. The molecule has 2 aromatic carbocycles. The highest BCUT2D eigenvalue weighted by atomic mass is 35.5. The molecule has 0 heterocycles. The average molecular weight is 277 g/mol. The van der Waals surface area contributed by atoms with Crippen LogP contribution in [0.5, 0.6) is 0 Å². The molecule has 0 aliphatic heterocycles. The van der Waals surface area contributed by atoms with Crippen LogP contribution in [-0.4, -0.2) is 5.78 Å². The summed E-state index contributed by atoms with van der Waals surface area (Å²) in [5.74, 6) is -0.522. The van der Waals surface area contributed by atoms with Gasteiger partial charge in [0.25, 0.3) is 0 Å². The van der Waals surface area contributed by atoms with Crippen molar-refractivity contribution in [2.75, 3.05) is 0 Å². The topological polar surface area (TPSA) is 17.1 Å². The van der Waals surface area contributed by atoms with Crippen LogP contribution < -0.4 is 0 Å². The second-order valence-corrected chi connectivity index (χ2v) is 5.11. The minimum Gasteiger partial charge on any atom is -0.289 e. The lowest BCUT2D eigenvalue weighted by Gasteiger charge is -2.09. The Morgan fingerprint density at radius 1 is 0.947 bits per heavy atom. The zero-order chi connectivity index (χ0) is 14.2. The van der Waals surface area contributed by atoms with E-state index in [-0.39, 0.29) is 11.6 Å². The molecular weight excluding hydrogens is 263 g/mol. The van der Waals surface area contributed by atoms with Crippen molar-refractivity contribution in [2.45, 2.75) is 20.8 Å². The number of carbonyl (C=O) groups excluding carboxylic acids is 1. The van der Waals surface area contributed by atoms with Crippen molar-refractivity contribution in [3.05, 3.63) is 69.0 Å². The molecule has 0 aliphatic rings. The van der Waals surface area contributed by atoms with Gasteiger partial charge in [-0.2, -0.15) is 0 Å². The summed E-state index contributed by atoms with van der Waals surface area (Å²) >= 11 is 6.13. The molecule has 0 radical (unpaired) electrons. The number of benzene rings is 2. The summed E-state index contributed by atoms with van der Waals surface area (Å²) in [5.41, 5.74) is 3.59. The fraction of sp³-hybridized carbons (Fsp3) is 0.188. The van der Waals surface area contributed by atoms with Crippen LogP contribution in [0.1, 0.15) is 32.6 Å². The molecule has 0 bridgehead atoms. The third kappa shape index (κ3) is 2.69. The van der Waals surface area contributed by atoms with Gasteiger partial charge in [0.15, 0.2) is 5.78 Å². The molecule has 0 N–H and O–H groups in total. The summed E-state index contributed by atoms with van der Waals surface area (Å²) in [6, 6.07) is 7.70. The van der Waals surface area contributed by atoms with E-state index in [0.717, 1.165) is 11.1 Å². The van der Waals surface area contributed by atoms with Gasteiger partial charge in [-0.05, 0) is 67.8 Å². The second-order valence-electron chi connectivity index (χ2n) is 4.70. The number of hydrogen-bond acceptors (Lipinski definition) is 1. The van der Waals surface area contributed by atoms with Gasteiger partial charge in [0.1, 0.15) is 5.82 Å². The van der Waals surface area contributed by atoms with E-state index in [2.05, 4.69) is 0 Å². The van der Waals surface area contributed by atoms with Crippen LogP contribution in [0.3, 0.4) is 0 Å². The quantitative estimate of drug-likeness (QED) is 0.731. The van der Waals surface area contributed by atoms with Gasteiger partial charge in [0.05, 0.1) is 5.02 Å². The average Bonchev–Trinajstić information content (AvgIpc) is 2.33. The Morgan fingerprint density at radius 3 is 2.21 bits per heavy atom. The highest BCUT2D eigenvalue weighted by Gasteiger charge is 2.16. The van der Waals surface area contributed by atoms with Crippen molar-refractivity contribution >= 4 is 17.4 Å². The Bertz CT molecular complexity index is 662. The van der Waals surface area contributed by atoms with E-state index in [1.807, 2.05) is 13.8 Å². The molecule has 3 heteroatoms. The van der Waals surface area contributed by atoms with Gasteiger partial charge in [-0.3, -0.25) is 4.79 Å². The Kier molecular flexibility index (Phi) is 3.72. The number of carbonyl (C=O) groups is 1. The molecule has 2 rings (SSSR count). The van der Waals surface area contributed by atoms with E-state index in [9.17, 15) is 9.18 Å². The van der Waals surface area contributed by atoms with Gasteiger partial charge < -0.3 is 0 Å². The van der Waals surface area contributed by atoms with E-state index in [0.29, 0.717) is 21.7 Å². The number of aryl methyl sites for hydroxylation is 3. The van der Waals surface area contributed by atoms with Crippen molar-refractivity contribution in [2.24, 2.45) is 0 Å². The number of rotatable bonds is 2. The highest BCUT2D eigenvalue weighted by molar-refractivity contribution is 6.35. The van der Waals surface area contributed by atoms with Gasteiger partial charge >= 0.3 is 0 Å². The molecule has 0 saturated heterocycles. The van der Waals surface area contributed by atoms with Crippen molar-refractivity contribution in [1.82, 2.24) is 0 Å². The summed E-state index contributed by atoms with van der Waals surface area (Å²) in [6.07, 6.45) is 0. The molecule has 0 aromatic heterocycles. The van der Waals surface area contributed by atoms with Gasteiger partial charge in [0.2, 0.25) is 0 Å². The summed E-state index contributed by atoms with van der Waals surface area (Å²) < 4.78 is 13.1. The normalized spacial score (nSPS) is 10.6. The summed E-state index contributed by atoms with van der Waals surface area (Å²) in [6.45, 7) is 5.59. The molecule has 0 saturated carbocycles. The lowest BCUT2D eigenvalue weighted by Crippen LogP contribution is -2.06. The maximum atomic E-state index is 13.1. The standard InChI is InChI=1S/C16H14ClFO/c1-9-7-14(15(17)8-10(9)2)16(19)13-5-4-12(18)6-11(13)3/h4-8H,1-3H3. The maximum absolute atomic E-state index is 13.1. The van der Waals surface area contributed by atoms with E-state index in [1.54, 1.807) is 19.1 Å². The Hall–Kier alpha value is -1.67. The van der Waals surface area contributed by atoms with Crippen LogP contribution in [-0.2, 0) is 0 Å². The lowest BCUT2D eigenvalue weighted by molar-refractivity contribution is 0.103. The molecule has 2 aromatic rings. The van der Waals surface area contributed by atoms with Crippen LogP contribution in [0, 0.1) is 26.6 Å². The largest absolute Gasteiger partial charge is 0.289 e. The zero-order valence-electron chi connectivity index (χ0n) is 11.1. The number of ketones is 1. The van der Waals surface area contributed by atoms with Gasteiger partial charge in [-0.25, -0.2) is 4.39 Å². The summed E-state index contributed by atoms with van der Waals surface area (Å²) in [7, 11) is 0. The Morgan fingerprint density at radius 2 is 1.58 bits per heavy atom. The molecule has 0 atom stereocenters. The molecule has 0 unspecified atom stereocenters. The van der Waals surface area contributed by atoms with E-state index < -0.39 is 0 Å². The SMILES string of the molecule is Cc1cc(Cl)c(C(=O)c2ccc(F)cc2C)cc1C. The summed E-state index contributed by atoms with van der Waals surface area (Å²) in [5, 5.41) is 0.428. The monoisotopic (exact) mass is 276 g/mol. The molecule has 19 heavy (non-hydrogen) atoms. The predicted molar refractivity (Wildman–Crippen MR) is 75.5 cm³/mol. The molecule has 0 amide bonds. The third-order valence-electron chi connectivity index (χ3n) is 3.26. The minimum atomic E-state index is -0.347. The Labute approximate surface area is 117 Å². The first kappa shape index (κ1) is 13.8. The van der Waals surface area contributed by atoms with E-state index in [4.69, 9.17) is 11.6 Å². The van der Waals surface area contributed by atoms with Gasteiger partial charge in [-0.1, -0.05) is 11.6 Å². The fourth-order valence-electron chi connectivity index (χ4n) is 1.98. The highest BCUT2D eigenvalue weighted by Crippen LogP contribution is 2.25. The van der Waals surface area contributed by atoms with E-state index in [1.165, 1.54) is 18.2 Å². The number of hydrogen-bond donors (Lipinski definition) is 0. The molecule has 0 fully saturated rings. The van der Waals surface area contributed by atoms with Gasteiger partial charge in [0, 0.05) is 11.1 Å². The van der Waals surface area contributed by atoms with Crippen molar-refractivity contribution in [3.8, 4) is 0 Å². The second kappa shape index (κ2) is 5.14. The first-order chi connectivity index (χ1) is 8.90. The van der Waals surface area contributed by atoms with Crippen LogP contribution in [0.15, 0.2) is 30.3 Å².